The molecule has 4 aromatic rings. The highest BCUT2D eigenvalue weighted by Crippen LogP contribution is 2.29. The van der Waals surface area contributed by atoms with Gasteiger partial charge in [0.1, 0.15) is 5.75 Å². The number of para-hydroxylation sites is 1. The Morgan fingerprint density at radius 1 is 1.13 bits per heavy atom. The Kier molecular flexibility index (Phi) is 4.75. The van der Waals surface area contributed by atoms with Gasteiger partial charge in [-0.05, 0) is 24.3 Å². The predicted octanol–water partition coefficient (Wildman–Crippen LogP) is 1.47. The van der Waals surface area contributed by atoms with Crippen molar-refractivity contribution in [2.75, 3.05) is 6.61 Å². The highest BCUT2D eigenvalue weighted by atomic mass is 19.4. The zero-order chi connectivity index (χ0) is 22.4. The van der Waals surface area contributed by atoms with Gasteiger partial charge in [-0.1, -0.05) is 24.3 Å². The summed E-state index contributed by atoms with van der Waals surface area (Å²) in [6, 6.07) is 11.9. The van der Waals surface area contributed by atoms with Gasteiger partial charge in [0.25, 0.3) is 0 Å². The van der Waals surface area contributed by atoms with Crippen molar-refractivity contribution < 1.29 is 27.8 Å². The molecule has 0 radical (unpaired) electrons. The summed E-state index contributed by atoms with van der Waals surface area (Å²) in [6.45, 7) is -0.854. The topological polar surface area (TPSA) is 142 Å². The fraction of sp³-hybridized carbons (Fsp3) is 0.158. The van der Waals surface area contributed by atoms with E-state index in [1.54, 1.807) is 24.3 Å². The number of hydrogen-bond acceptors (Lipinski definition) is 7. The second kappa shape index (κ2) is 7.18. The van der Waals surface area contributed by atoms with Gasteiger partial charge in [-0.3, -0.25) is 4.79 Å². The number of carbonyl (C=O) groups excluding carboxylic acids is 1. The number of hydrogen-bond donors (Lipinski definition) is 3. The molecule has 0 unspecified atom stereocenters. The van der Waals surface area contributed by atoms with Gasteiger partial charge in [0.15, 0.2) is 22.8 Å². The standard InChI is InChI=1S/C19H15F3N6O3/c20-19(21,22)31-11-5-3-4-10(8-11)14-26-15-12-6-1-2-7-13(12)25-17(28(15)27-14)18(24,9-29)16(23)30/h1-8,29H,9,24H2,(H2,23,30)/t18-/m1/s1. The number of aliphatic hydroxyl groups is 1. The lowest BCUT2D eigenvalue weighted by Gasteiger charge is -2.23. The fourth-order valence-electron chi connectivity index (χ4n) is 3.06. The molecule has 9 nitrogen and oxygen atoms in total. The zero-order valence-electron chi connectivity index (χ0n) is 15.7. The predicted molar refractivity (Wildman–Crippen MR) is 103 cm³/mol. The van der Waals surface area contributed by atoms with Crippen molar-refractivity contribution in [3.63, 3.8) is 0 Å². The van der Waals surface area contributed by atoms with Crippen molar-refractivity contribution in [2.45, 2.75) is 11.9 Å². The average Bonchev–Trinajstić information content (AvgIpc) is 3.17. The third-order valence-corrected chi connectivity index (χ3v) is 4.59. The number of nitrogens with two attached hydrogens (primary N) is 2. The summed E-state index contributed by atoms with van der Waals surface area (Å²) in [6.07, 6.45) is -4.86. The first-order valence-electron chi connectivity index (χ1n) is 8.84. The van der Waals surface area contributed by atoms with Crippen molar-refractivity contribution in [3.8, 4) is 17.1 Å². The van der Waals surface area contributed by atoms with Crippen LogP contribution in [0.3, 0.4) is 0 Å². The SMILES string of the molecule is NC(=O)[C@](N)(CO)c1nc2ccccc2c2nc(-c3cccc(OC(F)(F)F)c3)nn12. The van der Waals surface area contributed by atoms with E-state index in [9.17, 15) is 23.1 Å². The molecule has 0 saturated carbocycles. The maximum atomic E-state index is 12.6. The molecule has 2 aromatic heterocycles. The van der Waals surface area contributed by atoms with Crippen molar-refractivity contribution in [2.24, 2.45) is 11.5 Å². The van der Waals surface area contributed by atoms with Crippen LogP contribution in [-0.2, 0) is 10.3 Å². The van der Waals surface area contributed by atoms with Crippen molar-refractivity contribution in [1.29, 1.82) is 0 Å². The maximum absolute atomic E-state index is 12.6. The van der Waals surface area contributed by atoms with E-state index in [-0.39, 0.29) is 22.9 Å². The second-order valence-corrected chi connectivity index (χ2v) is 6.69. The number of aliphatic hydroxyl groups excluding tert-OH is 1. The number of fused-ring (bicyclic) bond motifs is 3. The molecule has 0 fully saturated rings. The number of halogens is 3. The molecule has 0 aliphatic carbocycles. The highest BCUT2D eigenvalue weighted by molar-refractivity contribution is 5.93. The Morgan fingerprint density at radius 3 is 2.55 bits per heavy atom. The monoisotopic (exact) mass is 432 g/mol. The number of carbonyl (C=O) groups is 1. The van der Waals surface area contributed by atoms with E-state index in [0.29, 0.717) is 10.9 Å². The number of amides is 1. The summed E-state index contributed by atoms with van der Waals surface area (Å²) in [5.74, 6) is -1.64. The molecule has 12 heteroatoms. The smallest absolute Gasteiger partial charge is 0.406 e. The summed E-state index contributed by atoms with van der Waals surface area (Å²) in [5, 5.41) is 14.6. The van der Waals surface area contributed by atoms with Crippen molar-refractivity contribution in [3.05, 3.63) is 54.4 Å². The number of benzene rings is 2. The maximum Gasteiger partial charge on any atom is 0.573 e. The molecular formula is C19H15F3N6O3. The molecule has 0 saturated heterocycles. The van der Waals surface area contributed by atoms with E-state index in [2.05, 4.69) is 19.8 Å². The van der Waals surface area contributed by atoms with E-state index in [1.165, 1.54) is 12.1 Å². The zero-order valence-corrected chi connectivity index (χ0v) is 15.7. The molecule has 0 spiro atoms. The molecule has 2 aromatic carbocycles. The van der Waals surface area contributed by atoms with E-state index < -0.39 is 30.2 Å². The molecule has 5 N–H and O–H groups in total. The Bertz CT molecular complexity index is 1310. The minimum atomic E-state index is -4.86. The molecule has 160 valence electrons. The van der Waals surface area contributed by atoms with Crippen LogP contribution in [0.15, 0.2) is 48.5 Å². The number of alkyl halides is 3. The van der Waals surface area contributed by atoms with Crippen LogP contribution in [-0.4, -0.2) is 43.6 Å². The highest BCUT2D eigenvalue weighted by Gasteiger charge is 2.39. The van der Waals surface area contributed by atoms with Gasteiger partial charge in [0.05, 0.1) is 12.1 Å². The van der Waals surface area contributed by atoms with Gasteiger partial charge in [0.2, 0.25) is 5.91 Å². The molecule has 2 heterocycles. The lowest BCUT2D eigenvalue weighted by Crippen LogP contribution is -2.53. The van der Waals surface area contributed by atoms with Crippen LogP contribution in [0.25, 0.3) is 27.9 Å². The lowest BCUT2D eigenvalue weighted by atomic mass is 10.00. The van der Waals surface area contributed by atoms with E-state index in [1.807, 2.05) is 0 Å². The van der Waals surface area contributed by atoms with Crippen LogP contribution in [0.2, 0.25) is 0 Å². The molecule has 0 aliphatic heterocycles. The van der Waals surface area contributed by atoms with Crippen molar-refractivity contribution in [1.82, 2.24) is 19.6 Å². The van der Waals surface area contributed by atoms with E-state index in [4.69, 9.17) is 11.5 Å². The third kappa shape index (κ3) is 3.62. The van der Waals surface area contributed by atoms with Gasteiger partial charge in [-0.15, -0.1) is 18.3 Å². The Morgan fingerprint density at radius 2 is 1.87 bits per heavy atom. The van der Waals surface area contributed by atoms with Gasteiger partial charge >= 0.3 is 6.36 Å². The number of primary amides is 1. The van der Waals surface area contributed by atoms with Crippen molar-refractivity contribution >= 4 is 22.5 Å². The summed E-state index contributed by atoms with van der Waals surface area (Å²) in [7, 11) is 0. The first-order valence-corrected chi connectivity index (χ1v) is 8.84. The summed E-state index contributed by atoms with van der Waals surface area (Å²) >= 11 is 0. The lowest BCUT2D eigenvalue weighted by molar-refractivity contribution is -0.274. The second-order valence-electron chi connectivity index (χ2n) is 6.69. The molecule has 0 bridgehead atoms. The summed E-state index contributed by atoms with van der Waals surface area (Å²) < 4.78 is 42.8. The van der Waals surface area contributed by atoms with E-state index >= 15 is 0 Å². The quantitative estimate of drug-likeness (QED) is 0.434. The van der Waals surface area contributed by atoms with Gasteiger partial charge in [-0.25, -0.2) is 9.97 Å². The van der Waals surface area contributed by atoms with Crippen LogP contribution in [0.4, 0.5) is 13.2 Å². The van der Waals surface area contributed by atoms with Gasteiger partial charge < -0.3 is 21.3 Å². The first kappa shape index (κ1) is 20.5. The normalized spacial score (nSPS) is 14.0. The van der Waals surface area contributed by atoms with Crippen LogP contribution < -0.4 is 16.2 Å². The Balaban J connectivity index is 1.97. The number of aromatic nitrogens is 4. The third-order valence-electron chi connectivity index (χ3n) is 4.59. The van der Waals surface area contributed by atoms with Gasteiger partial charge in [-0.2, -0.15) is 4.52 Å². The average molecular weight is 432 g/mol. The molecule has 31 heavy (non-hydrogen) atoms. The largest absolute Gasteiger partial charge is 0.573 e. The van der Waals surface area contributed by atoms with Crippen LogP contribution in [0.1, 0.15) is 5.82 Å². The number of ether oxygens (including phenoxy) is 1. The minimum Gasteiger partial charge on any atom is -0.406 e. The Labute approximate surface area is 172 Å². The molecule has 0 aliphatic rings. The molecular weight excluding hydrogens is 417 g/mol. The molecule has 1 amide bonds. The fourth-order valence-corrected chi connectivity index (χ4v) is 3.06. The Hall–Kier alpha value is -3.77. The van der Waals surface area contributed by atoms with E-state index in [0.717, 1.165) is 16.6 Å². The van der Waals surface area contributed by atoms with Crippen LogP contribution in [0, 0.1) is 0 Å². The number of rotatable bonds is 5. The summed E-state index contributed by atoms with van der Waals surface area (Å²) in [4.78, 5) is 20.7. The minimum absolute atomic E-state index is 0.0248. The molecule has 4 rings (SSSR count). The number of nitrogens with zero attached hydrogens (tertiary/aromatic N) is 4. The molecule has 1 atom stereocenters. The van der Waals surface area contributed by atoms with Crippen LogP contribution in [0.5, 0.6) is 5.75 Å². The first-order chi connectivity index (χ1) is 14.6. The van der Waals surface area contributed by atoms with Gasteiger partial charge in [0, 0.05) is 10.9 Å². The van der Waals surface area contributed by atoms with Crippen LogP contribution >= 0.6 is 0 Å². The summed E-state index contributed by atoms with van der Waals surface area (Å²) in [5.41, 5.74) is 10.2.